The molecule has 23 heavy (non-hydrogen) atoms. The number of carbonyl (C=O) groups is 1. The normalized spacial score (nSPS) is 19.4. The monoisotopic (exact) mass is 321 g/mol. The van der Waals surface area contributed by atoms with Crippen LogP contribution in [0.3, 0.4) is 0 Å². The molecule has 0 spiro atoms. The molecule has 1 atom stereocenters. The molecule has 128 valence electrons. The SMILES string of the molecule is COc1cccc(CC(C)(C)C(=O)O)c1OC1CCCN(C)C1. The Labute approximate surface area is 138 Å². The Morgan fingerprint density at radius 1 is 1.43 bits per heavy atom. The van der Waals surface area contributed by atoms with Crippen molar-refractivity contribution in [3.63, 3.8) is 0 Å². The molecule has 0 radical (unpaired) electrons. The first-order chi connectivity index (χ1) is 10.8. The molecule has 5 heteroatoms. The summed E-state index contributed by atoms with van der Waals surface area (Å²) in [6, 6.07) is 5.67. The van der Waals surface area contributed by atoms with Gasteiger partial charge in [-0.25, -0.2) is 0 Å². The summed E-state index contributed by atoms with van der Waals surface area (Å²) in [5.74, 6) is 0.533. The second-order valence-electron chi connectivity index (χ2n) is 6.96. The Bertz CT molecular complexity index is 556. The lowest BCUT2D eigenvalue weighted by molar-refractivity contribution is -0.146. The average molecular weight is 321 g/mol. The third-order valence-electron chi connectivity index (χ3n) is 4.36. The van der Waals surface area contributed by atoms with Crippen LogP contribution >= 0.6 is 0 Å². The fraction of sp³-hybridized carbons (Fsp3) is 0.611. The van der Waals surface area contributed by atoms with E-state index >= 15 is 0 Å². The van der Waals surface area contributed by atoms with E-state index in [-0.39, 0.29) is 6.10 Å². The second kappa shape index (κ2) is 7.21. The molecule has 1 unspecified atom stereocenters. The molecule has 1 aliphatic rings. The van der Waals surface area contributed by atoms with E-state index in [2.05, 4.69) is 11.9 Å². The maximum absolute atomic E-state index is 11.4. The average Bonchev–Trinajstić information content (AvgIpc) is 2.48. The summed E-state index contributed by atoms with van der Waals surface area (Å²) in [6.45, 7) is 5.42. The van der Waals surface area contributed by atoms with Crippen LogP contribution in [0.5, 0.6) is 11.5 Å². The van der Waals surface area contributed by atoms with Gasteiger partial charge in [-0.1, -0.05) is 12.1 Å². The maximum Gasteiger partial charge on any atom is 0.309 e. The zero-order valence-electron chi connectivity index (χ0n) is 14.5. The number of carboxylic acid groups (broad SMARTS) is 1. The molecule has 0 aliphatic carbocycles. The molecule has 1 fully saturated rings. The second-order valence-corrected chi connectivity index (χ2v) is 6.96. The highest BCUT2D eigenvalue weighted by Crippen LogP contribution is 2.36. The van der Waals surface area contributed by atoms with E-state index < -0.39 is 11.4 Å². The van der Waals surface area contributed by atoms with Gasteiger partial charge in [-0.05, 0) is 58.3 Å². The van der Waals surface area contributed by atoms with Crippen LogP contribution in [0.15, 0.2) is 18.2 Å². The maximum atomic E-state index is 11.4. The van der Waals surface area contributed by atoms with Gasteiger partial charge in [-0.2, -0.15) is 0 Å². The lowest BCUT2D eigenvalue weighted by Crippen LogP contribution is -2.39. The number of nitrogens with zero attached hydrogens (tertiary/aromatic N) is 1. The van der Waals surface area contributed by atoms with Crippen LogP contribution in [0.25, 0.3) is 0 Å². The van der Waals surface area contributed by atoms with Gasteiger partial charge in [0.1, 0.15) is 6.10 Å². The van der Waals surface area contributed by atoms with E-state index in [4.69, 9.17) is 9.47 Å². The topological polar surface area (TPSA) is 59.0 Å². The van der Waals surface area contributed by atoms with Crippen LogP contribution in [0.1, 0.15) is 32.3 Å². The highest BCUT2D eigenvalue weighted by molar-refractivity contribution is 5.74. The number of hydrogen-bond acceptors (Lipinski definition) is 4. The molecular formula is C18H27NO4. The number of piperidine rings is 1. The molecule has 2 rings (SSSR count). The third kappa shape index (κ3) is 4.38. The highest BCUT2D eigenvalue weighted by atomic mass is 16.5. The Morgan fingerprint density at radius 2 is 2.17 bits per heavy atom. The molecule has 0 saturated carbocycles. The molecule has 1 aliphatic heterocycles. The predicted molar refractivity (Wildman–Crippen MR) is 89.3 cm³/mol. The first kappa shape index (κ1) is 17.6. The number of benzene rings is 1. The van der Waals surface area contributed by atoms with Crippen molar-refractivity contribution in [2.45, 2.75) is 39.2 Å². The van der Waals surface area contributed by atoms with E-state index in [0.717, 1.165) is 31.5 Å². The number of likely N-dealkylation sites (tertiary alicyclic amines) is 1. The molecule has 0 amide bonds. The van der Waals surface area contributed by atoms with Gasteiger partial charge in [0, 0.05) is 6.54 Å². The quantitative estimate of drug-likeness (QED) is 0.873. The summed E-state index contributed by atoms with van der Waals surface area (Å²) in [5, 5.41) is 9.40. The molecular weight excluding hydrogens is 294 g/mol. The van der Waals surface area contributed by atoms with Crippen LogP contribution in [0.4, 0.5) is 0 Å². The Morgan fingerprint density at radius 3 is 2.78 bits per heavy atom. The van der Waals surface area contributed by atoms with Crippen LogP contribution in [0.2, 0.25) is 0 Å². The number of methoxy groups -OCH3 is 1. The first-order valence-electron chi connectivity index (χ1n) is 8.08. The van der Waals surface area contributed by atoms with Gasteiger partial charge in [0.25, 0.3) is 0 Å². The van der Waals surface area contributed by atoms with Gasteiger partial charge < -0.3 is 19.5 Å². The number of para-hydroxylation sites is 1. The van der Waals surface area contributed by atoms with Crippen molar-refractivity contribution in [1.82, 2.24) is 4.90 Å². The molecule has 1 heterocycles. The number of aliphatic carboxylic acids is 1. The van der Waals surface area contributed by atoms with E-state index in [1.807, 2.05) is 18.2 Å². The first-order valence-corrected chi connectivity index (χ1v) is 8.08. The number of likely N-dealkylation sites (N-methyl/N-ethyl adjacent to an activating group) is 1. The fourth-order valence-corrected chi connectivity index (χ4v) is 2.93. The minimum absolute atomic E-state index is 0.108. The summed E-state index contributed by atoms with van der Waals surface area (Å²) in [5.41, 5.74) is 0.0263. The van der Waals surface area contributed by atoms with Crippen molar-refractivity contribution >= 4 is 5.97 Å². The van der Waals surface area contributed by atoms with Crippen LogP contribution in [-0.4, -0.2) is 49.3 Å². The number of ether oxygens (including phenoxy) is 2. The van der Waals surface area contributed by atoms with Crippen LogP contribution in [0, 0.1) is 5.41 Å². The summed E-state index contributed by atoms with van der Waals surface area (Å²) in [4.78, 5) is 13.7. The van der Waals surface area contributed by atoms with Crippen LogP contribution in [-0.2, 0) is 11.2 Å². The van der Waals surface area contributed by atoms with Crippen molar-refractivity contribution < 1.29 is 19.4 Å². The van der Waals surface area contributed by atoms with Crippen molar-refractivity contribution in [3.05, 3.63) is 23.8 Å². The largest absolute Gasteiger partial charge is 0.493 e. The Kier molecular flexibility index (Phi) is 5.52. The standard InChI is InChI=1S/C18H27NO4/c1-18(2,17(20)21)11-13-7-5-9-15(22-4)16(13)23-14-8-6-10-19(3)12-14/h5,7,9,14H,6,8,10-12H2,1-4H3,(H,20,21). The number of carboxylic acids is 1. The summed E-state index contributed by atoms with van der Waals surface area (Å²) in [7, 11) is 3.70. The van der Waals surface area contributed by atoms with E-state index in [1.54, 1.807) is 21.0 Å². The van der Waals surface area contributed by atoms with Crippen LogP contribution < -0.4 is 9.47 Å². The van der Waals surface area contributed by atoms with E-state index in [0.29, 0.717) is 17.9 Å². The lowest BCUT2D eigenvalue weighted by atomic mass is 9.85. The molecule has 0 bridgehead atoms. The van der Waals surface area contributed by atoms with Crippen molar-refractivity contribution in [1.29, 1.82) is 0 Å². The summed E-state index contributed by atoms with van der Waals surface area (Å²) >= 11 is 0. The highest BCUT2D eigenvalue weighted by Gasteiger charge is 2.30. The molecule has 1 aromatic carbocycles. The third-order valence-corrected chi connectivity index (χ3v) is 4.36. The van der Waals surface area contributed by atoms with Crippen molar-refractivity contribution in [3.8, 4) is 11.5 Å². The summed E-state index contributed by atoms with van der Waals surface area (Å²) in [6.07, 6.45) is 2.62. The molecule has 1 aromatic rings. The van der Waals surface area contributed by atoms with Gasteiger partial charge in [-0.3, -0.25) is 4.79 Å². The van der Waals surface area contributed by atoms with Crippen molar-refractivity contribution in [2.75, 3.05) is 27.2 Å². The zero-order valence-corrected chi connectivity index (χ0v) is 14.5. The lowest BCUT2D eigenvalue weighted by Gasteiger charge is -2.31. The van der Waals surface area contributed by atoms with E-state index in [9.17, 15) is 9.90 Å². The van der Waals surface area contributed by atoms with Gasteiger partial charge in [-0.15, -0.1) is 0 Å². The van der Waals surface area contributed by atoms with Gasteiger partial charge >= 0.3 is 5.97 Å². The van der Waals surface area contributed by atoms with Gasteiger partial charge in [0.05, 0.1) is 12.5 Å². The minimum Gasteiger partial charge on any atom is -0.493 e. The Balaban J connectivity index is 2.26. The number of rotatable bonds is 6. The minimum atomic E-state index is -0.853. The van der Waals surface area contributed by atoms with Crippen molar-refractivity contribution in [2.24, 2.45) is 5.41 Å². The molecule has 5 nitrogen and oxygen atoms in total. The smallest absolute Gasteiger partial charge is 0.309 e. The van der Waals surface area contributed by atoms with Gasteiger partial charge in [0.2, 0.25) is 0 Å². The van der Waals surface area contributed by atoms with Gasteiger partial charge in [0.15, 0.2) is 11.5 Å². The van der Waals surface area contributed by atoms with E-state index in [1.165, 1.54) is 0 Å². The predicted octanol–water partition coefficient (Wildman–Crippen LogP) is 2.82. The molecule has 1 N–H and O–H groups in total. The number of hydrogen-bond donors (Lipinski definition) is 1. The summed E-state index contributed by atoms with van der Waals surface area (Å²) < 4.78 is 11.7. The molecule has 1 saturated heterocycles. The fourth-order valence-electron chi connectivity index (χ4n) is 2.93. The Hall–Kier alpha value is -1.75. The zero-order chi connectivity index (χ0) is 17.0. The molecule has 0 aromatic heterocycles.